The van der Waals surface area contributed by atoms with Crippen LogP contribution in [0.15, 0.2) is 42.6 Å². The highest BCUT2D eigenvalue weighted by Crippen LogP contribution is 2.38. The molecule has 1 saturated carbocycles. The van der Waals surface area contributed by atoms with Crippen molar-refractivity contribution in [1.82, 2.24) is 20.5 Å². The molecule has 2 N–H and O–H groups in total. The third kappa shape index (κ3) is 9.34. The lowest BCUT2D eigenvalue weighted by Crippen LogP contribution is -2.56. The second-order valence-electron chi connectivity index (χ2n) is 12.6. The van der Waals surface area contributed by atoms with Gasteiger partial charge in [-0.3, -0.25) is 9.59 Å². The molecule has 13 heteroatoms. The number of nitrogens with zero attached hydrogens (tertiary/aromatic N) is 2. The first-order chi connectivity index (χ1) is 22.4. The average molecular weight is 655 g/mol. The van der Waals surface area contributed by atoms with Crippen molar-refractivity contribution in [3.63, 3.8) is 0 Å². The Labute approximate surface area is 275 Å². The number of aromatic nitrogens is 1. The van der Waals surface area contributed by atoms with Crippen LogP contribution in [-0.2, 0) is 28.6 Å². The molecule has 0 spiro atoms. The molecule has 13 nitrogen and oxygen atoms in total. The SMILES string of the molecule is C/C=C\COCC[C@H](NC(=O)OC(C)(C)C)C(=O)N1C[C@H](Oc2nccc3cc(OC)ccc23)C[C@H]1C(=O)NC1(C(=O)OCC)CC1. The van der Waals surface area contributed by atoms with E-state index in [0.29, 0.717) is 31.1 Å². The Morgan fingerprint density at radius 3 is 2.60 bits per heavy atom. The number of hydrogen-bond donors (Lipinski definition) is 2. The number of allylic oxidation sites excluding steroid dienone is 1. The van der Waals surface area contributed by atoms with Crippen molar-refractivity contribution in [1.29, 1.82) is 0 Å². The summed E-state index contributed by atoms with van der Waals surface area (Å²) in [6.07, 6.45) is 5.03. The van der Waals surface area contributed by atoms with Gasteiger partial charge in [-0.25, -0.2) is 14.6 Å². The molecule has 1 aliphatic heterocycles. The number of carbonyl (C=O) groups is 4. The average Bonchev–Trinajstić information content (AvgIpc) is 3.68. The van der Waals surface area contributed by atoms with E-state index in [-0.39, 0.29) is 32.6 Å². The maximum atomic E-state index is 14.2. The van der Waals surface area contributed by atoms with Crippen molar-refractivity contribution in [3.05, 3.63) is 42.6 Å². The first-order valence-corrected chi connectivity index (χ1v) is 16.0. The summed E-state index contributed by atoms with van der Waals surface area (Å²) < 4.78 is 28.0. The summed E-state index contributed by atoms with van der Waals surface area (Å²) in [5, 5.41) is 7.10. The Morgan fingerprint density at radius 1 is 1.17 bits per heavy atom. The van der Waals surface area contributed by atoms with Gasteiger partial charge in [0.15, 0.2) is 0 Å². The topological polar surface area (TPSA) is 155 Å². The number of pyridine rings is 1. The Bertz CT molecular complexity index is 1470. The van der Waals surface area contributed by atoms with Gasteiger partial charge in [-0.05, 0) is 77.1 Å². The number of amides is 3. The van der Waals surface area contributed by atoms with E-state index in [9.17, 15) is 19.2 Å². The zero-order chi connectivity index (χ0) is 34.2. The largest absolute Gasteiger partial charge is 0.497 e. The first-order valence-electron chi connectivity index (χ1n) is 16.0. The van der Waals surface area contributed by atoms with Gasteiger partial charge < -0.3 is 39.2 Å². The number of esters is 1. The monoisotopic (exact) mass is 654 g/mol. The molecule has 2 aliphatic rings. The van der Waals surface area contributed by atoms with Gasteiger partial charge in [0.1, 0.15) is 35.1 Å². The summed E-state index contributed by atoms with van der Waals surface area (Å²) in [5.41, 5.74) is -1.91. The maximum Gasteiger partial charge on any atom is 0.408 e. The van der Waals surface area contributed by atoms with Crippen LogP contribution < -0.4 is 20.1 Å². The molecule has 1 aliphatic carbocycles. The van der Waals surface area contributed by atoms with Gasteiger partial charge in [-0.15, -0.1) is 0 Å². The van der Waals surface area contributed by atoms with Crippen molar-refractivity contribution < 1.29 is 42.9 Å². The Morgan fingerprint density at radius 2 is 1.94 bits per heavy atom. The lowest BCUT2D eigenvalue weighted by Gasteiger charge is -2.30. The minimum absolute atomic E-state index is 0.0312. The van der Waals surface area contributed by atoms with Gasteiger partial charge in [-0.1, -0.05) is 12.2 Å². The number of hydrogen-bond acceptors (Lipinski definition) is 10. The lowest BCUT2D eigenvalue weighted by atomic mass is 10.1. The predicted molar refractivity (Wildman–Crippen MR) is 173 cm³/mol. The highest BCUT2D eigenvalue weighted by Gasteiger charge is 2.55. The van der Waals surface area contributed by atoms with Crippen molar-refractivity contribution >= 4 is 34.6 Å². The van der Waals surface area contributed by atoms with Crippen LogP contribution in [0.1, 0.15) is 60.3 Å². The van der Waals surface area contributed by atoms with Crippen LogP contribution in [0.5, 0.6) is 11.6 Å². The van der Waals surface area contributed by atoms with Gasteiger partial charge >= 0.3 is 12.1 Å². The molecule has 1 aromatic heterocycles. The van der Waals surface area contributed by atoms with Crippen LogP contribution in [0, 0.1) is 0 Å². The van der Waals surface area contributed by atoms with E-state index >= 15 is 0 Å². The van der Waals surface area contributed by atoms with Crippen molar-refractivity contribution in [2.45, 2.75) is 89.6 Å². The number of benzene rings is 1. The summed E-state index contributed by atoms with van der Waals surface area (Å²) in [5.74, 6) is -0.498. The second-order valence-corrected chi connectivity index (χ2v) is 12.6. The normalized spacial score (nSPS) is 19.2. The van der Waals surface area contributed by atoms with Gasteiger partial charge in [0.05, 0.1) is 26.9 Å². The van der Waals surface area contributed by atoms with E-state index in [1.165, 1.54) is 4.90 Å². The van der Waals surface area contributed by atoms with Crippen molar-refractivity contribution in [3.8, 4) is 11.6 Å². The molecular formula is C34H46N4O9. The predicted octanol–water partition coefficient (Wildman–Crippen LogP) is 3.68. The quantitative estimate of drug-likeness (QED) is 0.175. The molecule has 47 heavy (non-hydrogen) atoms. The number of rotatable bonds is 14. The minimum atomic E-state index is -1.12. The first kappa shape index (κ1) is 35.5. The molecule has 1 aromatic carbocycles. The number of nitrogens with one attached hydrogen (secondary N) is 2. The van der Waals surface area contributed by atoms with Gasteiger partial charge in [0.25, 0.3) is 0 Å². The Balaban J connectivity index is 1.60. The summed E-state index contributed by atoms with van der Waals surface area (Å²) in [4.78, 5) is 59.3. The van der Waals surface area contributed by atoms with E-state index < -0.39 is 53.2 Å². The number of ether oxygens (including phenoxy) is 5. The van der Waals surface area contributed by atoms with E-state index in [0.717, 1.165) is 10.8 Å². The summed E-state index contributed by atoms with van der Waals surface area (Å²) in [6, 6.07) is 5.27. The molecule has 256 valence electrons. The van der Waals surface area contributed by atoms with E-state index in [2.05, 4.69) is 15.6 Å². The number of likely N-dealkylation sites (tertiary alicyclic amines) is 1. The van der Waals surface area contributed by atoms with Gasteiger partial charge in [0.2, 0.25) is 17.7 Å². The lowest BCUT2D eigenvalue weighted by molar-refractivity contribution is -0.149. The maximum absolute atomic E-state index is 14.2. The molecule has 0 radical (unpaired) electrons. The Hall–Kier alpha value is -4.39. The van der Waals surface area contributed by atoms with Crippen molar-refractivity contribution in [2.75, 3.05) is 33.5 Å². The summed E-state index contributed by atoms with van der Waals surface area (Å²) in [7, 11) is 1.59. The van der Waals surface area contributed by atoms with Gasteiger partial charge in [-0.2, -0.15) is 0 Å². The zero-order valence-corrected chi connectivity index (χ0v) is 28.0. The van der Waals surface area contributed by atoms with Crippen LogP contribution in [0.4, 0.5) is 4.79 Å². The van der Waals surface area contributed by atoms with Crippen LogP contribution >= 0.6 is 0 Å². The molecule has 1 saturated heterocycles. The standard InChI is InChI=1S/C34H46N4O9/c1-7-9-17-44-18-13-26(36-32(42)47-33(3,4)5)30(40)38-21-24(20-27(38)28(39)37-34(14-15-34)31(41)45-8-2)46-29-25-11-10-23(43-6)19-22(25)12-16-35-29/h7,9-12,16,19,24,26-27H,8,13-15,17-18,20-21H2,1-6H3,(H,36,42)(H,37,39)/b9-7-/t24-,26+,27+/m1/s1. The fraction of sp³-hybridized carbons (Fsp3) is 0.559. The fourth-order valence-corrected chi connectivity index (χ4v) is 5.33. The molecule has 2 heterocycles. The third-order valence-corrected chi connectivity index (χ3v) is 7.83. The molecule has 0 unspecified atom stereocenters. The second kappa shape index (κ2) is 15.5. The molecule has 3 atom stereocenters. The van der Waals surface area contributed by atoms with Crippen LogP contribution in [0.2, 0.25) is 0 Å². The Kier molecular flexibility index (Phi) is 11.7. The molecular weight excluding hydrogens is 608 g/mol. The number of carbonyl (C=O) groups excluding carboxylic acids is 4. The molecule has 0 bridgehead atoms. The molecule has 2 fully saturated rings. The number of alkyl carbamates (subject to hydrolysis) is 1. The molecule has 3 amide bonds. The highest BCUT2D eigenvalue weighted by molar-refractivity contribution is 5.96. The van der Waals surface area contributed by atoms with Crippen molar-refractivity contribution in [2.24, 2.45) is 0 Å². The summed E-state index contributed by atoms with van der Waals surface area (Å²) >= 11 is 0. The smallest absolute Gasteiger partial charge is 0.408 e. The minimum Gasteiger partial charge on any atom is -0.497 e. The molecule has 4 rings (SSSR count). The third-order valence-electron chi connectivity index (χ3n) is 7.83. The van der Waals surface area contributed by atoms with E-state index in [1.807, 2.05) is 37.3 Å². The van der Waals surface area contributed by atoms with E-state index in [4.69, 9.17) is 23.7 Å². The number of methoxy groups -OCH3 is 1. The number of fused-ring (bicyclic) bond motifs is 1. The van der Waals surface area contributed by atoms with E-state index in [1.54, 1.807) is 47.1 Å². The van der Waals surface area contributed by atoms with Crippen LogP contribution in [0.25, 0.3) is 10.8 Å². The van der Waals surface area contributed by atoms with Crippen LogP contribution in [-0.4, -0.2) is 96.6 Å². The zero-order valence-electron chi connectivity index (χ0n) is 28.0. The molecule has 2 aromatic rings. The summed E-state index contributed by atoms with van der Waals surface area (Å²) in [6.45, 7) is 9.46. The van der Waals surface area contributed by atoms with Gasteiger partial charge in [0, 0.05) is 31.0 Å². The fourth-order valence-electron chi connectivity index (χ4n) is 5.33. The van der Waals surface area contributed by atoms with Crippen LogP contribution in [0.3, 0.4) is 0 Å². The highest BCUT2D eigenvalue weighted by atomic mass is 16.6.